The van der Waals surface area contributed by atoms with Crippen LogP contribution in [0.2, 0.25) is 0 Å². The molecular weight excluding hydrogens is 318 g/mol. The monoisotopic (exact) mass is 339 g/mol. The second-order valence-electron chi connectivity index (χ2n) is 5.39. The van der Waals surface area contributed by atoms with E-state index in [1.807, 2.05) is 55.5 Å². The highest BCUT2D eigenvalue weighted by Gasteiger charge is 2.07. The van der Waals surface area contributed by atoms with Gasteiger partial charge in [0.1, 0.15) is 5.75 Å². The third-order valence-electron chi connectivity index (χ3n) is 3.60. The van der Waals surface area contributed by atoms with Crippen molar-refractivity contribution in [3.05, 3.63) is 71.3 Å². The molecule has 5 heteroatoms. The number of ether oxygens (including phenoxy) is 2. The largest absolute Gasteiger partial charge is 0.496 e. The zero-order valence-electron chi connectivity index (χ0n) is 14.3. The SMILES string of the molecule is COc1ccccc1CNC(=O)COC(=O)/C=C/c1ccccc1C. The lowest BCUT2D eigenvalue weighted by atomic mass is 10.1. The van der Waals surface area contributed by atoms with Gasteiger partial charge in [0.05, 0.1) is 7.11 Å². The number of para-hydroxylation sites is 1. The topological polar surface area (TPSA) is 64.6 Å². The summed E-state index contributed by atoms with van der Waals surface area (Å²) in [7, 11) is 1.57. The molecule has 25 heavy (non-hydrogen) atoms. The quantitative estimate of drug-likeness (QED) is 0.622. The van der Waals surface area contributed by atoms with Gasteiger partial charge in [-0.05, 0) is 30.2 Å². The number of carbonyl (C=O) groups excluding carboxylic acids is 2. The van der Waals surface area contributed by atoms with Crippen molar-refractivity contribution in [1.29, 1.82) is 0 Å². The summed E-state index contributed by atoms with van der Waals surface area (Å²) in [6.45, 7) is 1.93. The molecule has 1 N–H and O–H groups in total. The first-order valence-electron chi connectivity index (χ1n) is 7.89. The maximum atomic E-state index is 11.8. The Labute approximate surface area is 147 Å². The second-order valence-corrected chi connectivity index (χ2v) is 5.39. The fraction of sp³-hybridized carbons (Fsp3) is 0.200. The van der Waals surface area contributed by atoms with Gasteiger partial charge in [-0.3, -0.25) is 4.79 Å². The van der Waals surface area contributed by atoms with E-state index >= 15 is 0 Å². The molecule has 0 aromatic heterocycles. The molecule has 0 aliphatic rings. The molecule has 0 radical (unpaired) electrons. The second kappa shape index (κ2) is 9.27. The third kappa shape index (κ3) is 5.80. The molecule has 0 saturated carbocycles. The van der Waals surface area contributed by atoms with Crippen molar-refractivity contribution in [2.45, 2.75) is 13.5 Å². The summed E-state index contributed by atoms with van der Waals surface area (Å²) in [6, 6.07) is 15.1. The summed E-state index contributed by atoms with van der Waals surface area (Å²) < 4.78 is 10.2. The molecule has 0 bridgehead atoms. The average molecular weight is 339 g/mol. The smallest absolute Gasteiger partial charge is 0.331 e. The molecule has 130 valence electrons. The lowest BCUT2D eigenvalue weighted by Crippen LogP contribution is -2.28. The Hall–Kier alpha value is -3.08. The minimum absolute atomic E-state index is 0.305. The molecule has 2 aromatic rings. The first-order valence-corrected chi connectivity index (χ1v) is 7.89. The summed E-state index contributed by atoms with van der Waals surface area (Å²) in [5.74, 6) is -0.236. The lowest BCUT2D eigenvalue weighted by molar-refractivity contribution is -0.143. The molecule has 0 heterocycles. The van der Waals surface area contributed by atoms with E-state index in [0.29, 0.717) is 12.3 Å². The molecule has 2 aromatic carbocycles. The molecule has 0 atom stereocenters. The Kier molecular flexibility index (Phi) is 6.77. The van der Waals surface area contributed by atoms with Crippen LogP contribution in [0.15, 0.2) is 54.6 Å². The van der Waals surface area contributed by atoms with Gasteiger partial charge in [-0.15, -0.1) is 0 Å². The molecule has 0 aliphatic heterocycles. The van der Waals surface area contributed by atoms with Crippen molar-refractivity contribution in [3.63, 3.8) is 0 Å². The molecule has 1 amide bonds. The number of hydrogen-bond donors (Lipinski definition) is 1. The number of nitrogens with one attached hydrogen (secondary N) is 1. The van der Waals surface area contributed by atoms with E-state index in [0.717, 1.165) is 16.7 Å². The van der Waals surface area contributed by atoms with Gasteiger partial charge < -0.3 is 14.8 Å². The number of rotatable bonds is 7. The molecule has 5 nitrogen and oxygen atoms in total. The van der Waals surface area contributed by atoms with Crippen molar-refractivity contribution >= 4 is 18.0 Å². The number of benzene rings is 2. The van der Waals surface area contributed by atoms with Gasteiger partial charge in [-0.1, -0.05) is 42.5 Å². The zero-order chi connectivity index (χ0) is 18.1. The number of aryl methyl sites for hydroxylation is 1. The molecule has 0 unspecified atom stereocenters. The minimum atomic E-state index is -0.560. The standard InChI is InChI=1S/C20H21NO4/c1-15-7-3-4-8-16(15)11-12-20(23)25-14-19(22)21-13-17-9-5-6-10-18(17)24-2/h3-12H,13-14H2,1-2H3,(H,21,22)/b12-11+. The van der Waals surface area contributed by atoms with Crippen LogP contribution in [0.4, 0.5) is 0 Å². The normalized spacial score (nSPS) is 10.5. The predicted molar refractivity (Wildman–Crippen MR) is 96.0 cm³/mol. The van der Waals surface area contributed by atoms with E-state index in [4.69, 9.17) is 9.47 Å². The van der Waals surface area contributed by atoms with Gasteiger partial charge in [0.15, 0.2) is 6.61 Å². The number of carbonyl (C=O) groups is 2. The summed E-state index contributed by atoms with van der Waals surface area (Å²) in [5, 5.41) is 2.69. The maximum absolute atomic E-state index is 11.8. The van der Waals surface area contributed by atoms with Gasteiger partial charge in [-0.2, -0.15) is 0 Å². The molecule has 2 rings (SSSR count). The summed E-state index contributed by atoms with van der Waals surface area (Å²) >= 11 is 0. The van der Waals surface area contributed by atoms with Crippen LogP contribution < -0.4 is 10.1 Å². The fourth-order valence-corrected chi connectivity index (χ4v) is 2.21. The lowest BCUT2D eigenvalue weighted by Gasteiger charge is -2.09. The summed E-state index contributed by atoms with van der Waals surface area (Å²) in [4.78, 5) is 23.5. The number of hydrogen-bond acceptors (Lipinski definition) is 4. The number of esters is 1. The highest BCUT2D eigenvalue weighted by molar-refractivity contribution is 5.89. The van der Waals surface area contributed by atoms with Crippen molar-refractivity contribution in [2.24, 2.45) is 0 Å². The van der Waals surface area contributed by atoms with Crippen LogP contribution in [0.1, 0.15) is 16.7 Å². The van der Waals surface area contributed by atoms with Crippen molar-refractivity contribution in [1.82, 2.24) is 5.32 Å². The summed E-state index contributed by atoms with van der Waals surface area (Å²) in [6.07, 6.45) is 2.99. The first-order chi connectivity index (χ1) is 12.1. The molecule has 0 fully saturated rings. The van der Waals surface area contributed by atoms with E-state index in [9.17, 15) is 9.59 Å². The van der Waals surface area contributed by atoms with Crippen molar-refractivity contribution in [2.75, 3.05) is 13.7 Å². The third-order valence-corrected chi connectivity index (χ3v) is 3.60. The van der Waals surface area contributed by atoms with E-state index < -0.39 is 5.97 Å². The van der Waals surface area contributed by atoms with Crippen LogP contribution in [-0.4, -0.2) is 25.6 Å². The number of methoxy groups -OCH3 is 1. The molecule has 0 saturated heterocycles. The highest BCUT2D eigenvalue weighted by atomic mass is 16.5. The van der Waals surface area contributed by atoms with Crippen LogP contribution >= 0.6 is 0 Å². The Morgan fingerprint density at radius 1 is 1.08 bits per heavy atom. The van der Waals surface area contributed by atoms with E-state index in [1.54, 1.807) is 13.2 Å². The van der Waals surface area contributed by atoms with Gasteiger partial charge in [0.25, 0.3) is 5.91 Å². The Balaban J connectivity index is 1.78. The van der Waals surface area contributed by atoms with Crippen molar-refractivity contribution < 1.29 is 19.1 Å². The molecule has 0 spiro atoms. The molecular formula is C20H21NO4. The maximum Gasteiger partial charge on any atom is 0.331 e. The van der Waals surface area contributed by atoms with Crippen LogP contribution in [0.3, 0.4) is 0 Å². The van der Waals surface area contributed by atoms with E-state index in [2.05, 4.69) is 5.32 Å². The van der Waals surface area contributed by atoms with Crippen molar-refractivity contribution in [3.8, 4) is 5.75 Å². The first kappa shape index (κ1) is 18.3. The zero-order valence-corrected chi connectivity index (χ0v) is 14.3. The van der Waals surface area contributed by atoms with Crippen LogP contribution in [-0.2, 0) is 20.9 Å². The van der Waals surface area contributed by atoms with Gasteiger partial charge in [0.2, 0.25) is 0 Å². The van der Waals surface area contributed by atoms with Crippen LogP contribution in [0, 0.1) is 6.92 Å². The van der Waals surface area contributed by atoms with E-state index in [1.165, 1.54) is 6.08 Å². The van der Waals surface area contributed by atoms with Gasteiger partial charge in [-0.25, -0.2) is 4.79 Å². The Bertz CT molecular complexity index is 768. The number of amides is 1. The van der Waals surface area contributed by atoms with Gasteiger partial charge >= 0.3 is 5.97 Å². The van der Waals surface area contributed by atoms with Crippen LogP contribution in [0.5, 0.6) is 5.75 Å². The molecule has 0 aliphatic carbocycles. The Morgan fingerprint density at radius 2 is 1.80 bits per heavy atom. The fourth-order valence-electron chi connectivity index (χ4n) is 2.21. The average Bonchev–Trinajstić information content (AvgIpc) is 2.64. The van der Waals surface area contributed by atoms with Gasteiger partial charge in [0, 0.05) is 18.2 Å². The summed E-state index contributed by atoms with van der Waals surface area (Å²) in [5.41, 5.74) is 2.84. The minimum Gasteiger partial charge on any atom is -0.496 e. The Morgan fingerprint density at radius 3 is 2.56 bits per heavy atom. The predicted octanol–water partition coefficient (Wildman–Crippen LogP) is 2.88. The van der Waals surface area contributed by atoms with Crippen LogP contribution in [0.25, 0.3) is 6.08 Å². The highest BCUT2D eigenvalue weighted by Crippen LogP contribution is 2.16. The van der Waals surface area contributed by atoms with E-state index in [-0.39, 0.29) is 12.5 Å².